The number of benzene rings is 2. The summed E-state index contributed by atoms with van der Waals surface area (Å²) in [5, 5.41) is 0. The Bertz CT molecular complexity index is 934. The van der Waals surface area contributed by atoms with Crippen LogP contribution in [0.4, 0.5) is 5.69 Å². The van der Waals surface area contributed by atoms with Gasteiger partial charge in [0.2, 0.25) is 0 Å². The number of aryl methyl sites for hydroxylation is 1. The Labute approximate surface area is 140 Å². The maximum absolute atomic E-state index is 12.5. The third-order valence-electron chi connectivity index (χ3n) is 3.62. The monoisotopic (exact) mass is 343 g/mol. The normalized spacial score (nSPS) is 11.2. The Morgan fingerprint density at radius 2 is 1.88 bits per heavy atom. The van der Waals surface area contributed by atoms with Crippen LogP contribution in [0.3, 0.4) is 0 Å². The number of imidazole rings is 1. The smallest absolute Gasteiger partial charge is 0.261 e. The molecule has 0 unspecified atom stereocenters. The molecule has 2 N–H and O–H groups in total. The first-order valence-corrected chi connectivity index (χ1v) is 8.74. The van der Waals surface area contributed by atoms with Crippen LogP contribution in [0.2, 0.25) is 0 Å². The van der Waals surface area contributed by atoms with Gasteiger partial charge in [-0.05, 0) is 48.4 Å². The maximum atomic E-state index is 12.5. The number of nitrogens with zero attached hydrogens (tertiary/aromatic N) is 1. The van der Waals surface area contributed by atoms with E-state index in [-0.39, 0.29) is 4.90 Å². The van der Waals surface area contributed by atoms with Crippen molar-refractivity contribution in [2.75, 3.05) is 11.8 Å². The first-order chi connectivity index (χ1) is 11.5. The number of aromatic amines is 1. The molecule has 0 aliphatic rings. The number of aromatic nitrogens is 2. The van der Waals surface area contributed by atoms with Gasteiger partial charge in [0.15, 0.2) is 0 Å². The van der Waals surface area contributed by atoms with Crippen molar-refractivity contribution in [1.82, 2.24) is 9.97 Å². The molecular formula is C17H17N3O3S. The molecular weight excluding hydrogens is 326 g/mol. The second kappa shape index (κ2) is 6.37. The van der Waals surface area contributed by atoms with Gasteiger partial charge in [0.05, 0.1) is 30.2 Å². The highest BCUT2D eigenvalue weighted by molar-refractivity contribution is 7.92. The highest BCUT2D eigenvalue weighted by Crippen LogP contribution is 2.24. The maximum Gasteiger partial charge on any atom is 0.261 e. The van der Waals surface area contributed by atoms with Crippen LogP contribution in [-0.2, 0) is 10.0 Å². The van der Waals surface area contributed by atoms with E-state index in [2.05, 4.69) is 14.7 Å². The largest absolute Gasteiger partial charge is 0.496 e. The summed E-state index contributed by atoms with van der Waals surface area (Å²) in [6.45, 7) is 1.80. The fourth-order valence-corrected chi connectivity index (χ4v) is 3.51. The van der Waals surface area contributed by atoms with Gasteiger partial charge < -0.3 is 9.72 Å². The molecule has 3 rings (SSSR count). The highest BCUT2D eigenvalue weighted by Gasteiger charge is 2.15. The topological polar surface area (TPSA) is 84.1 Å². The number of methoxy groups -OCH3 is 1. The SMILES string of the molecule is COc1ccc(S(=O)(=O)Nc2ccc(-c3cnc[nH]3)cc2)cc1C. The molecule has 7 heteroatoms. The minimum Gasteiger partial charge on any atom is -0.496 e. The number of sulfonamides is 1. The van der Waals surface area contributed by atoms with E-state index in [9.17, 15) is 8.42 Å². The van der Waals surface area contributed by atoms with Crippen LogP contribution in [0, 0.1) is 6.92 Å². The molecule has 0 aliphatic heterocycles. The molecule has 0 radical (unpaired) electrons. The lowest BCUT2D eigenvalue weighted by Crippen LogP contribution is -2.13. The number of anilines is 1. The number of H-pyrrole nitrogens is 1. The van der Waals surface area contributed by atoms with E-state index in [0.29, 0.717) is 11.4 Å². The molecule has 1 aromatic heterocycles. The van der Waals surface area contributed by atoms with Crippen LogP contribution < -0.4 is 9.46 Å². The molecule has 0 saturated heterocycles. The Morgan fingerprint density at radius 1 is 1.12 bits per heavy atom. The van der Waals surface area contributed by atoms with Gasteiger partial charge in [-0.2, -0.15) is 0 Å². The number of hydrogen-bond acceptors (Lipinski definition) is 4. The molecule has 124 valence electrons. The van der Waals surface area contributed by atoms with Crippen molar-refractivity contribution in [2.45, 2.75) is 11.8 Å². The van der Waals surface area contributed by atoms with Gasteiger partial charge in [-0.1, -0.05) is 12.1 Å². The third-order valence-corrected chi connectivity index (χ3v) is 5.00. The van der Waals surface area contributed by atoms with Crippen molar-refractivity contribution < 1.29 is 13.2 Å². The number of ether oxygens (including phenoxy) is 1. The van der Waals surface area contributed by atoms with Crippen LogP contribution in [-0.4, -0.2) is 25.5 Å². The fourth-order valence-electron chi connectivity index (χ4n) is 2.36. The molecule has 0 fully saturated rings. The van der Waals surface area contributed by atoms with Crippen LogP contribution in [0.1, 0.15) is 5.56 Å². The van der Waals surface area contributed by atoms with Crippen molar-refractivity contribution in [2.24, 2.45) is 0 Å². The molecule has 0 saturated carbocycles. The molecule has 6 nitrogen and oxygen atoms in total. The number of nitrogens with one attached hydrogen (secondary N) is 2. The predicted molar refractivity (Wildman–Crippen MR) is 92.6 cm³/mol. The Hall–Kier alpha value is -2.80. The van der Waals surface area contributed by atoms with E-state index in [0.717, 1.165) is 16.8 Å². The van der Waals surface area contributed by atoms with Crippen LogP contribution in [0.15, 0.2) is 59.9 Å². The van der Waals surface area contributed by atoms with Crippen LogP contribution >= 0.6 is 0 Å². The number of rotatable bonds is 5. The average Bonchev–Trinajstić information content (AvgIpc) is 3.09. The van der Waals surface area contributed by atoms with E-state index >= 15 is 0 Å². The standard InChI is InChI=1S/C17H17N3O3S/c1-12-9-15(7-8-17(12)23-2)24(21,22)20-14-5-3-13(4-6-14)16-10-18-11-19-16/h3-11,20H,1-2H3,(H,18,19). The van der Waals surface area contributed by atoms with Gasteiger partial charge in [0.1, 0.15) is 5.75 Å². The fraction of sp³-hybridized carbons (Fsp3) is 0.118. The van der Waals surface area contributed by atoms with Crippen molar-refractivity contribution in [3.63, 3.8) is 0 Å². The van der Waals surface area contributed by atoms with E-state index in [4.69, 9.17) is 4.74 Å². The van der Waals surface area contributed by atoms with Crippen molar-refractivity contribution in [3.05, 3.63) is 60.6 Å². The van der Waals surface area contributed by atoms with Crippen LogP contribution in [0.25, 0.3) is 11.3 Å². The van der Waals surface area contributed by atoms with E-state index in [1.807, 2.05) is 12.1 Å². The molecule has 0 atom stereocenters. The summed E-state index contributed by atoms with van der Waals surface area (Å²) in [5.74, 6) is 0.651. The summed E-state index contributed by atoms with van der Waals surface area (Å²) in [6.07, 6.45) is 3.30. The molecule has 0 spiro atoms. The minimum atomic E-state index is -3.65. The average molecular weight is 343 g/mol. The van der Waals surface area contributed by atoms with Crippen molar-refractivity contribution >= 4 is 15.7 Å². The minimum absolute atomic E-state index is 0.193. The zero-order valence-electron chi connectivity index (χ0n) is 13.3. The van der Waals surface area contributed by atoms with Crippen molar-refractivity contribution in [3.8, 4) is 17.0 Å². The van der Waals surface area contributed by atoms with Gasteiger partial charge >= 0.3 is 0 Å². The summed E-state index contributed by atoms with van der Waals surface area (Å²) >= 11 is 0. The van der Waals surface area contributed by atoms with E-state index in [1.54, 1.807) is 50.8 Å². The molecule has 0 aliphatic carbocycles. The molecule has 2 aromatic carbocycles. The highest BCUT2D eigenvalue weighted by atomic mass is 32.2. The lowest BCUT2D eigenvalue weighted by Gasteiger charge is -2.11. The van der Waals surface area contributed by atoms with Gasteiger partial charge in [0, 0.05) is 5.69 Å². The zero-order chi connectivity index (χ0) is 17.2. The second-order valence-electron chi connectivity index (χ2n) is 5.28. The molecule has 1 heterocycles. The molecule has 24 heavy (non-hydrogen) atoms. The quantitative estimate of drug-likeness (QED) is 0.745. The lowest BCUT2D eigenvalue weighted by molar-refractivity contribution is 0.411. The van der Waals surface area contributed by atoms with Gasteiger partial charge in [-0.3, -0.25) is 4.72 Å². The second-order valence-corrected chi connectivity index (χ2v) is 6.96. The summed E-state index contributed by atoms with van der Waals surface area (Å²) in [6, 6.07) is 11.8. The van der Waals surface area contributed by atoms with Gasteiger partial charge in [-0.15, -0.1) is 0 Å². The third kappa shape index (κ3) is 3.26. The Kier molecular flexibility index (Phi) is 4.26. The predicted octanol–water partition coefficient (Wildman–Crippen LogP) is 3.19. The van der Waals surface area contributed by atoms with E-state index < -0.39 is 10.0 Å². The lowest BCUT2D eigenvalue weighted by atomic mass is 10.1. The number of hydrogen-bond donors (Lipinski definition) is 2. The van der Waals surface area contributed by atoms with Gasteiger partial charge in [0.25, 0.3) is 10.0 Å². The Balaban J connectivity index is 1.83. The zero-order valence-corrected chi connectivity index (χ0v) is 14.1. The summed E-state index contributed by atoms with van der Waals surface area (Å²) in [4.78, 5) is 7.16. The molecule has 3 aromatic rings. The van der Waals surface area contributed by atoms with Gasteiger partial charge in [-0.25, -0.2) is 13.4 Å². The van der Waals surface area contributed by atoms with Crippen LogP contribution in [0.5, 0.6) is 5.75 Å². The summed E-state index contributed by atoms with van der Waals surface area (Å²) in [7, 11) is -2.10. The Morgan fingerprint density at radius 3 is 2.46 bits per heavy atom. The van der Waals surface area contributed by atoms with Crippen molar-refractivity contribution in [1.29, 1.82) is 0 Å². The first kappa shape index (κ1) is 16.1. The summed E-state index contributed by atoms with van der Waals surface area (Å²) < 4.78 is 32.7. The first-order valence-electron chi connectivity index (χ1n) is 7.26. The molecule has 0 amide bonds. The summed E-state index contributed by atoms with van der Waals surface area (Å²) in [5.41, 5.74) is 3.05. The van der Waals surface area contributed by atoms with E-state index in [1.165, 1.54) is 6.07 Å². The molecule has 0 bridgehead atoms.